The van der Waals surface area contributed by atoms with Gasteiger partial charge in [0.15, 0.2) is 11.5 Å². The van der Waals surface area contributed by atoms with E-state index in [0.29, 0.717) is 12.0 Å². The Balaban J connectivity index is 1.47. The number of nitrogens with one attached hydrogen (secondary N) is 1. The van der Waals surface area contributed by atoms with Crippen LogP contribution in [0.4, 0.5) is 0 Å². The Morgan fingerprint density at radius 3 is 2.37 bits per heavy atom. The summed E-state index contributed by atoms with van der Waals surface area (Å²) in [6, 6.07) is 7.17. The molecular formula is C37H45NO5. The molecule has 1 aromatic heterocycles. The van der Waals surface area contributed by atoms with E-state index >= 15 is 0 Å². The van der Waals surface area contributed by atoms with Crippen molar-refractivity contribution >= 4 is 16.9 Å². The second-order valence-electron chi connectivity index (χ2n) is 15.7. The van der Waals surface area contributed by atoms with Gasteiger partial charge in [0.05, 0.1) is 5.41 Å². The second kappa shape index (κ2) is 8.61. The molecule has 0 radical (unpaired) electrons. The molecule has 43 heavy (non-hydrogen) atoms. The first kappa shape index (κ1) is 28.4. The van der Waals surface area contributed by atoms with E-state index in [4.69, 9.17) is 0 Å². The van der Waals surface area contributed by atoms with Gasteiger partial charge in [0.1, 0.15) is 5.75 Å². The molecule has 6 heteroatoms. The molecule has 0 saturated heterocycles. The molecule has 4 aliphatic carbocycles. The van der Waals surface area contributed by atoms with Crippen molar-refractivity contribution in [2.45, 2.75) is 97.8 Å². The molecule has 7 rings (SSSR count). The minimum absolute atomic E-state index is 0.0812. The average molecular weight is 584 g/mol. The summed E-state index contributed by atoms with van der Waals surface area (Å²) in [5.41, 5.74) is 4.87. The number of hydrogen-bond donors (Lipinski definition) is 5. The molecule has 0 bridgehead atoms. The first-order valence-corrected chi connectivity index (χ1v) is 15.9. The molecule has 6 nitrogen and oxygen atoms in total. The number of rotatable bonds is 2. The van der Waals surface area contributed by atoms with Crippen LogP contribution in [0.1, 0.15) is 108 Å². The molecule has 0 spiro atoms. The van der Waals surface area contributed by atoms with Crippen molar-refractivity contribution in [2.75, 3.05) is 0 Å². The summed E-state index contributed by atoms with van der Waals surface area (Å²) < 4.78 is 0. The molecule has 1 heterocycles. The van der Waals surface area contributed by atoms with Crippen molar-refractivity contribution in [1.29, 1.82) is 0 Å². The van der Waals surface area contributed by atoms with Gasteiger partial charge in [-0.2, -0.15) is 0 Å². The number of aromatic hydroxyl groups is 3. The number of benzene rings is 2. The number of carboxylic acid groups (broad SMARTS) is 1. The zero-order valence-electron chi connectivity index (χ0n) is 26.3. The lowest BCUT2D eigenvalue weighted by Crippen LogP contribution is -2.62. The molecule has 2 aromatic carbocycles. The molecule has 5 N–H and O–H groups in total. The van der Waals surface area contributed by atoms with E-state index in [9.17, 15) is 25.2 Å². The summed E-state index contributed by atoms with van der Waals surface area (Å²) >= 11 is 0. The normalized spacial score (nSPS) is 38.4. The van der Waals surface area contributed by atoms with Crippen LogP contribution in [-0.2, 0) is 10.2 Å². The largest absolute Gasteiger partial charge is 0.508 e. The Morgan fingerprint density at radius 2 is 1.65 bits per heavy atom. The third-order valence-corrected chi connectivity index (χ3v) is 13.7. The lowest BCUT2D eigenvalue weighted by molar-refractivity contribution is -0.177. The van der Waals surface area contributed by atoms with Crippen LogP contribution in [0.2, 0.25) is 0 Å². The molecule has 228 valence electrons. The van der Waals surface area contributed by atoms with Crippen LogP contribution >= 0.6 is 0 Å². The van der Waals surface area contributed by atoms with Gasteiger partial charge in [-0.05, 0) is 127 Å². The van der Waals surface area contributed by atoms with Gasteiger partial charge >= 0.3 is 5.97 Å². The number of carbonyl (C=O) groups is 1. The van der Waals surface area contributed by atoms with Gasteiger partial charge in [0.2, 0.25) is 0 Å². The minimum atomic E-state index is -0.714. The molecular weight excluding hydrogens is 538 g/mol. The van der Waals surface area contributed by atoms with E-state index in [1.807, 2.05) is 26.1 Å². The van der Waals surface area contributed by atoms with Crippen molar-refractivity contribution < 1.29 is 25.2 Å². The van der Waals surface area contributed by atoms with Gasteiger partial charge in [0, 0.05) is 28.4 Å². The Kier molecular flexibility index (Phi) is 5.68. The smallest absolute Gasteiger partial charge is 0.309 e. The molecule has 3 saturated carbocycles. The van der Waals surface area contributed by atoms with Crippen LogP contribution in [0.25, 0.3) is 10.9 Å². The number of H-pyrrole nitrogens is 1. The van der Waals surface area contributed by atoms with Crippen molar-refractivity contribution in [3.8, 4) is 17.2 Å². The summed E-state index contributed by atoms with van der Waals surface area (Å²) in [5, 5.41) is 43.6. The van der Waals surface area contributed by atoms with Crippen LogP contribution in [0.5, 0.6) is 17.2 Å². The number of hydrogen-bond acceptors (Lipinski definition) is 4. The Labute approximate surface area is 253 Å². The van der Waals surface area contributed by atoms with Crippen LogP contribution in [-0.4, -0.2) is 31.4 Å². The van der Waals surface area contributed by atoms with Gasteiger partial charge in [-0.15, -0.1) is 0 Å². The standard InChI is InChI=1S/C37H45NO5/c1-20-30-23(24-19-38-26-8-7-21(39)15-22(24)26)16-28-35(4,25(30)17-27(40)31(20)41)12-14-37(6)29-18-34(3,32(42)43)10-9-33(29,2)11-13-36(28,37)5/h7-8,15-17,19,23,29,38-41H,9-14,18H2,1-6H3,(H,42,43)/t23?,29-,33-,34-,35+,36-,37+/m1/s1. The number of allylic oxidation sites excluding steroid dienone is 2. The number of aliphatic carboxylic acids is 1. The number of aromatic amines is 1. The second-order valence-corrected chi connectivity index (χ2v) is 15.7. The fourth-order valence-electron chi connectivity index (χ4n) is 10.6. The molecule has 0 amide bonds. The summed E-state index contributed by atoms with van der Waals surface area (Å²) in [6.07, 6.45) is 10.8. The third-order valence-electron chi connectivity index (χ3n) is 13.7. The van der Waals surface area contributed by atoms with E-state index in [2.05, 4.69) is 38.8 Å². The van der Waals surface area contributed by atoms with Crippen molar-refractivity contribution in [3.05, 3.63) is 64.4 Å². The van der Waals surface area contributed by atoms with Crippen LogP contribution in [0.3, 0.4) is 0 Å². The zero-order valence-corrected chi connectivity index (χ0v) is 26.3. The highest BCUT2D eigenvalue weighted by Crippen LogP contribution is 2.75. The Bertz CT molecular complexity index is 1740. The molecule has 4 aliphatic rings. The van der Waals surface area contributed by atoms with Crippen molar-refractivity contribution in [3.63, 3.8) is 0 Å². The van der Waals surface area contributed by atoms with E-state index in [-0.39, 0.29) is 50.7 Å². The summed E-state index contributed by atoms with van der Waals surface area (Å²) in [5.74, 6) is -0.558. The molecule has 1 unspecified atom stereocenters. The average Bonchev–Trinajstić information content (AvgIpc) is 3.37. The summed E-state index contributed by atoms with van der Waals surface area (Å²) in [7, 11) is 0. The van der Waals surface area contributed by atoms with Gasteiger partial charge < -0.3 is 25.4 Å². The van der Waals surface area contributed by atoms with E-state index < -0.39 is 11.4 Å². The zero-order chi connectivity index (χ0) is 30.9. The molecule has 3 fully saturated rings. The predicted molar refractivity (Wildman–Crippen MR) is 168 cm³/mol. The van der Waals surface area contributed by atoms with E-state index in [1.54, 1.807) is 18.2 Å². The minimum Gasteiger partial charge on any atom is -0.508 e. The monoisotopic (exact) mass is 583 g/mol. The topological polar surface area (TPSA) is 114 Å². The summed E-state index contributed by atoms with van der Waals surface area (Å²) in [6.45, 7) is 13.4. The molecule has 0 aliphatic heterocycles. The quantitative estimate of drug-likeness (QED) is 0.153. The highest BCUT2D eigenvalue weighted by Gasteiger charge is 2.67. The number of phenols is 3. The van der Waals surface area contributed by atoms with E-state index in [0.717, 1.165) is 66.1 Å². The predicted octanol–water partition coefficient (Wildman–Crippen LogP) is 8.42. The first-order chi connectivity index (χ1) is 20.1. The van der Waals surface area contributed by atoms with E-state index in [1.165, 1.54) is 5.57 Å². The van der Waals surface area contributed by atoms with Crippen molar-refractivity contribution in [2.24, 2.45) is 27.6 Å². The highest BCUT2D eigenvalue weighted by molar-refractivity contribution is 5.86. The Hall–Kier alpha value is -3.41. The maximum Gasteiger partial charge on any atom is 0.309 e. The Morgan fingerprint density at radius 1 is 0.930 bits per heavy atom. The highest BCUT2D eigenvalue weighted by atomic mass is 16.4. The van der Waals surface area contributed by atoms with Crippen LogP contribution < -0.4 is 0 Å². The molecule has 7 atom stereocenters. The fourth-order valence-corrected chi connectivity index (χ4v) is 10.6. The van der Waals surface area contributed by atoms with Crippen LogP contribution in [0.15, 0.2) is 42.1 Å². The fraction of sp³-hybridized carbons (Fsp3) is 0.541. The third kappa shape index (κ3) is 3.49. The number of aromatic nitrogens is 1. The first-order valence-electron chi connectivity index (χ1n) is 15.9. The number of fused-ring (bicyclic) bond motifs is 8. The van der Waals surface area contributed by atoms with Gasteiger partial charge in [-0.25, -0.2) is 0 Å². The lowest BCUT2D eigenvalue weighted by Gasteiger charge is -2.70. The maximum absolute atomic E-state index is 12.5. The lowest BCUT2D eigenvalue weighted by atomic mass is 9.34. The van der Waals surface area contributed by atoms with Gasteiger partial charge in [-0.1, -0.05) is 39.3 Å². The van der Waals surface area contributed by atoms with Gasteiger partial charge in [0.25, 0.3) is 0 Å². The van der Waals surface area contributed by atoms with Crippen LogP contribution in [0, 0.1) is 34.5 Å². The number of phenolic OH excluding ortho intramolecular Hbond substituents is 3. The van der Waals surface area contributed by atoms with Gasteiger partial charge in [-0.3, -0.25) is 4.79 Å². The molecule has 3 aromatic rings. The van der Waals surface area contributed by atoms with Crippen molar-refractivity contribution in [1.82, 2.24) is 4.98 Å². The maximum atomic E-state index is 12.5. The summed E-state index contributed by atoms with van der Waals surface area (Å²) in [4.78, 5) is 15.9. The number of carboxylic acids is 1. The SMILES string of the molecule is Cc1c(O)c(O)cc2c1C(c1c[nH]c3ccc(O)cc13)C=C1[C@@]2(C)CC[C@@]2(C)[C@@H]3C[C@](C)(C(=O)O)CC[C@]3(C)CC[C@]12C.